The first-order valence-electron chi connectivity index (χ1n) is 8.65. The SMILES string of the molecule is O=C(O)CO/N=C/c1ccc(-c2cccc(OCc3ccc(Cl)c(Cl)c3)c2)cc1. The van der Waals surface area contributed by atoms with Crippen LogP contribution in [0.2, 0.25) is 10.0 Å². The van der Waals surface area contributed by atoms with Crippen molar-refractivity contribution in [2.24, 2.45) is 5.16 Å². The highest BCUT2D eigenvalue weighted by molar-refractivity contribution is 6.42. The van der Waals surface area contributed by atoms with Gasteiger partial charge in [0.25, 0.3) is 0 Å². The molecule has 3 rings (SSSR count). The van der Waals surface area contributed by atoms with Crippen molar-refractivity contribution < 1.29 is 19.5 Å². The number of aliphatic carboxylic acids is 1. The van der Waals surface area contributed by atoms with Gasteiger partial charge in [-0.15, -0.1) is 0 Å². The number of oxime groups is 1. The number of hydrogen-bond donors (Lipinski definition) is 1. The highest BCUT2D eigenvalue weighted by Gasteiger charge is 2.03. The number of hydrogen-bond acceptors (Lipinski definition) is 4. The molecule has 0 atom stereocenters. The van der Waals surface area contributed by atoms with E-state index >= 15 is 0 Å². The molecule has 5 nitrogen and oxygen atoms in total. The van der Waals surface area contributed by atoms with Crippen LogP contribution in [0.5, 0.6) is 5.75 Å². The summed E-state index contributed by atoms with van der Waals surface area (Å²) in [6.07, 6.45) is 1.46. The predicted molar refractivity (Wildman–Crippen MR) is 114 cm³/mol. The van der Waals surface area contributed by atoms with Gasteiger partial charge in [0.05, 0.1) is 16.3 Å². The lowest BCUT2D eigenvalue weighted by Gasteiger charge is -2.09. The summed E-state index contributed by atoms with van der Waals surface area (Å²) in [4.78, 5) is 15.0. The van der Waals surface area contributed by atoms with Gasteiger partial charge in [-0.2, -0.15) is 0 Å². The van der Waals surface area contributed by atoms with Crippen molar-refractivity contribution in [1.82, 2.24) is 0 Å². The maximum atomic E-state index is 10.4. The molecule has 0 aromatic heterocycles. The molecule has 29 heavy (non-hydrogen) atoms. The van der Waals surface area contributed by atoms with Gasteiger partial charge in [-0.1, -0.05) is 70.8 Å². The molecule has 0 unspecified atom stereocenters. The summed E-state index contributed by atoms with van der Waals surface area (Å²) < 4.78 is 5.87. The minimum absolute atomic E-state index is 0.381. The number of rotatable bonds is 8. The van der Waals surface area contributed by atoms with E-state index in [0.717, 1.165) is 28.0 Å². The van der Waals surface area contributed by atoms with Crippen LogP contribution in [0.15, 0.2) is 71.9 Å². The number of carbonyl (C=O) groups is 1. The van der Waals surface area contributed by atoms with Crippen molar-refractivity contribution in [2.45, 2.75) is 6.61 Å². The van der Waals surface area contributed by atoms with Gasteiger partial charge in [0, 0.05) is 0 Å². The van der Waals surface area contributed by atoms with E-state index < -0.39 is 12.6 Å². The van der Waals surface area contributed by atoms with Crippen molar-refractivity contribution in [3.8, 4) is 16.9 Å². The first-order valence-corrected chi connectivity index (χ1v) is 9.41. The Balaban J connectivity index is 1.64. The molecule has 3 aromatic rings. The predicted octanol–water partition coefficient (Wildman–Crippen LogP) is 5.67. The molecule has 0 fully saturated rings. The Morgan fingerprint density at radius 3 is 2.48 bits per heavy atom. The molecule has 0 saturated heterocycles. The first-order chi connectivity index (χ1) is 14.0. The van der Waals surface area contributed by atoms with E-state index in [4.69, 9.17) is 33.0 Å². The van der Waals surface area contributed by atoms with Crippen molar-refractivity contribution in [2.75, 3.05) is 6.61 Å². The second-order valence-electron chi connectivity index (χ2n) is 6.09. The summed E-state index contributed by atoms with van der Waals surface area (Å²) in [6, 6.07) is 20.8. The van der Waals surface area contributed by atoms with E-state index in [0.29, 0.717) is 16.7 Å². The zero-order valence-corrected chi connectivity index (χ0v) is 16.7. The Bertz CT molecular complexity index is 1020. The summed E-state index contributed by atoms with van der Waals surface area (Å²) in [6.45, 7) is -0.0876. The van der Waals surface area contributed by atoms with Crippen molar-refractivity contribution >= 4 is 35.4 Å². The van der Waals surface area contributed by atoms with Crippen LogP contribution in [0.3, 0.4) is 0 Å². The maximum absolute atomic E-state index is 10.4. The van der Waals surface area contributed by atoms with Crippen LogP contribution in [-0.2, 0) is 16.2 Å². The zero-order valence-electron chi connectivity index (χ0n) is 15.2. The molecule has 0 amide bonds. The zero-order chi connectivity index (χ0) is 20.6. The molecule has 0 aliphatic rings. The third kappa shape index (κ3) is 6.24. The number of carboxylic acid groups (broad SMARTS) is 1. The summed E-state index contributed by atoms with van der Waals surface area (Å²) in [5.41, 5.74) is 3.74. The molecule has 0 aliphatic heterocycles. The topological polar surface area (TPSA) is 68.1 Å². The number of nitrogens with zero attached hydrogens (tertiary/aromatic N) is 1. The largest absolute Gasteiger partial charge is 0.489 e. The number of carboxylic acids is 1. The van der Waals surface area contributed by atoms with E-state index in [1.807, 2.05) is 54.6 Å². The normalized spacial score (nSPS) is 10.8. The van der Waals surface area contributed by atoms with Crippen molar-refractivity contribution in [1.29, 1.82) is 0 Å². The molecular weight excluding hydrogens is 413 g/mol. The summed E-state index contributed by atoms with van der Waals surface area (Å²) in [5.74, 6) is -0.333. The fraction of sp³-hybridized carbons (Fsp3) is 0.0909. The van der Waals surface area contributed by atoms with Gasteiger partial charge in [0.1, 0.15) is 12.4 Å². The van der Waals surface area contributed by atoms with Crippen LogP contribution in [0.1, 0.15) is 11.1 Å². The second kappa shape index (κ2) is 9.96. The minimum atomic E-state index is -1.07. The Morgan fingerprint density at radius 2 is 1.76 bits per heavy atom. The van der Waals surface area contributed by atoms with Crippen LogP contribution in [0, 0.1) is 0 Å². The van der Waals surface area contributed by atoms with Crippen LogP contribution < -0.4 is 4.74 Å². The monoisotopic (exact) mass is 429 g/mol. The number of benzene rings is 3. The molecular formula is C22H17Cl2NO4. The van der Waals surface area contributed by atoms with E-state index in [9.17, 15) is 4.79 Å². The standard InChI is InChI=1S/C22H17Cl2NO4/c23-20-9-6-16(10-21(20)24)13-28-19-3-1-2-18(11-19)17-7-4-15(5-8-17)12-25-29-14-22(26)27/h1-12H,13-14H2,(H,26,27)/b25-12+. The highest BCUT2D eigenvalue weighted by atomic mass is 35.5. The molecule has 0 heterocycles. The smallest absolute Gasteiger partial charge is 0.344 e. The molecule has 0 saturated carbocycles. The van der Waals surface area contributed by atoms with Crippen LogP contribution >= 0.6 is 23.2 Å². The third-order valence-electron chi connectivity index (χ3n) is 3.93. The molecule has 3 aromatic carbocycles. The molecule has 1 N–H and O–H groups in total. The molecule has 148 valence electrons. The Hall–Kier alpha value is -3.02. The average molecular weight is 430 g/mol. The second-order valence-corrected chi connectivity index (χ2v) is 6.90. The van der Waals surface area contributed by atoms with Gasteiger partial charge in [-0.25, -0.2) is 4.79 Å². The summed E-state index contributed by atoms with van der Waals surface area (Å²) in [7, 11) is 0. The summed E-state index contributed by atoms with van der Waals surface area (Å²) in [5, 5.41) is 13.1. The highest BCUT2D eigenvalue weighted by Crippen LogP contribution is 2.26. The van der Waals surface area contributed by atoms with Crippen LogP contribution in [0.4, 0.5) is 0 Å². The molecule has 0 spiro atoms. The van der Waals surface area contributed by atoms with Gasteiger partial charge < -0.3 is 14.7 Å². The lowest BCUT2D eigenvalue weighted by atomic mass is 10.0. The minimum Gasteiger partial charge on any atom is -0.489 e. The van der Waals surface area contributed by atoms with Gasteiger partial charge >= 0.3 is 5.97 Å². The Morgan fingerprint density at radius 1 is 0.966 bits per heavy atom. The van der Waals surface area contributed by atoms with Crippen molar-refractivity contribution in [3.05, 3.63) is 87.9 Å². The van der Waals surface area contributed by atoms with Gasteiger partial charge in [0.15, 0.2) is 0 Å². The lowest BCUT2D eigenvalue weighted by Crippen LogP contribution is -2.03. The number of halogens is 2. The van der Waals surface area contributed by atoms with E-state index in [-0.39, 0.29) is 0 Å². The van der Waals surface area contributed by atoms with Gasteiger partial charge in [-0.3, -0.25) is 0 Å². The third-order valence-corrected chi connectivity index (χ3v) is 4.67. The fourth-order valence-electron chi connectivity index (χ4n) is 2.51. The van der Waals surface area contributed by atoms with Crippen LogP contribution in [0.25, 0.3) is 11.1 Å². The maximum Gasteiger partial charge on any atom is 0.344 e. The van der Waals surface area contributed by atoms with E-state index in [2.05, 4.69) is 9.99 Å². The van der Waals surface area contributed by atoms with E-state index in [1.165, 1.54) is 6.21 Å². The van der Waals surface area contributed by atoms with Crippen molar-refractivity contribution in [3.63, 3.8) is 0 Å². The lowest BCUT2D eigenvalue weighted by molar-refractivity contribution is -0.142. The van der Waals surface area contributed by atoms with Gasteiger partial charge in [-0.05, 0) is 46.5 Å². The molecule has 7 heteroatoms. The molecule has 0 aliphatic carbocycles. The van der Waals surface area contributed by atoms with E-state index in [1.54, 1.807) is 12.1 Å². The van der Waals surface area contributed by atoms with Crippen LogP contribution in [-0.4, -0.2) is 23.9 Å². The first kappa shape index (κ1) is 20.7. The average Bonchev–Trinajstić information content (AvgIpc) is 2.72. The summed E-state index contributed by atoms with van der Waals surface area (Å²) >= 11 is 12.0. The quantitative estimate of drug-likeness (QED) is 0.369. The fourth-order valence-corrected chi connectivity index (χ4v) is 2.83. The Labute approximate surface area is 178 Å². The molecule has 0 bridgehead atoms. The molecule has 0 radical (unpaired) electrons. The van der Waals surface area contributed by atoms with Gasteiger partial charge in [0.2, 0.25) is 6.61 Å². The number of ether oxygens (including phenoxy) is 1. The Kier molecular flexibility index (Phi) is 7.11.